The van der Waals surface area contributed by atoms with Gasteiger partial charge in [-0.05, 0) is 312 Å². The Morgan fingerprint density at radius 3 is 0.943 bits per heavy atom. The van der Waals surface area contributed by atoms with Crippen LogP contribution in [0.3, 0.4) is 0 Å². The van der Waals surface area contributed by atoms with E-state index in [0.29, 0.717) is 185 Å². The van der Waals surface area contributed by atoms with Crippen LogP contribution in [0.5, 0.6) is 0 Å². The van der Waals surface area contributed by atoms with E-state index >= 15 is 0 Å². The highest BCUT2D eigenvalue weighted by molar-refractivity contribution is 7.18. The number of hydrogen-bond acceptors (Lipinski definition) is 20. The summed E-state index contributed by atoms with van der Waals surface area (Å²) in [5.41, 5.74) is 32.6. The van der Waals surface area contributed by atoms with Crippen molar-refractivity contribution in [3.63, 3.8) is 0 Å². The van der Waals surface area contributed by atoms with E-state index in [4.69, 9.17) is 14.4 Å². The number of allylic oxidation sites excluding steroid dienone is 24. The Morgan fingerprint density at radius 1 is 0.270 bits per heavy atom. The Morgan fingerprint density at radius 2 is 0.574 bits per heavy atom. The number of carbonyl (C=O) groups is 12. The summed E-state index contributed by atoms with van der Waals surface area (Å²) in [6, 6.07) is 44.7. The lowest BCUT2D eigenvalue weighted by Crippen LogP contribution is -2.20. The quantitative estimate of drug-likeness (QED) is 0.0508. The zero-order valence-electron chi connectivity index (χ0n) is 85.4. The molecule has 6 heterocycles. The van der Waals surface area contributed by atoms with E-state index in [1.807, 2.05) is 85.9 Å². The second-order valence-corrected chi connectivity index (χ2v) is 39.5. The largest absolute Gasteiger partial charge is 0.441 e. The highest BCUT2D eigenvalue weighted by atomic mass is 32.1. The SMILES string of the molecule is CC1=C(C)C(=O)C(CCCC2=Nc3ccc(C)cc3C2)=C(C)C1=O.CC1=C(C)C(=O)C(CCCC2=Nc3ccc(C)cc3C2)=C(C)C1=O.CC1=C(C)C(=O)C(CCCC2=Nc3ccccc3C2)=C(C)C1=O.CC1=C(C)C(=O)C(CCCc2nc3ccccc3n2C)=C(C)C1=O.CC1=C(C)C(=O)C(CCCc2nc3ccccc3o2)=C(C)C1=O.CC1=C(C)C(=O)C(CCCc2nc3ccccc3s2)=C(C)C1=O. The molecule has 20 nitrogen and oxygen atoms in total. The minimum absolute atomic E-state index is 0.00262. The van der Waals surface area contributed by atoms with E-state index in [-0.39, 0.29) is 69.4 Å². The Kier molecular flexibility index (Phi) is 33.7. The molecule has 6 aliphatic carbocycles. The van der Waals surface area contributed by atoms with Crippen molar-refractivity contribution in [3.05, 3.63) is 312 Å². The summed E-state index contributed by atoms with van der Waals surface area (Å²) in [6.07, 6.45) is 16.3. The maximum Gasteiger partial charge on any atom is 0.195 e. The standard InChI is InChI=1S/2C21H23NO2.C20H22N2O2.C20H21NO2.C19H19NO3.C19H19NO2S/c2*1-12-8-9-19-16(10-12)11-17(22-19)6-5-7-18-15(4)20(23)13(2)14(3)21(18)24;1-12-13(2)20(24)15(14(3)19(12)23)8-7-11-18-21-16-9-5-6-10-17(16)22(18)4;1-12-13(2)20(23)17(14(3)19(12)22)9-6-8-16-11-15-7-4-5-10-18(15)21-16;2*1-11-12(2)19(22)14(13(3)18(11)21)7-6-10-17-20-15-8-4-5-9-16(15)23-17/h2*8-10H,5-7,11H2,1-4H3;5-6,9-10H,7-8,11H2,1-4H3;4-5,7,10H,6,8-9,11H2,1-3H3;2*4-5,8-9H,6-7,10H2,1-3H3. The fourth-order valence-corrected chi connectivity index (χ4v) is 20.3. The molecule has 141 heavy (non-hydrogen) atoms. The van der Waals surface area contributed by atoms with Gasteiger partial charge in [0.25, 0.3) is 0 Å². The first-order valence-electron chi connectivity index (χ1n) is 49.0. The smallest absolute Gasteiger partial charge is 0.195 e. The number of thiazole rings is 1. The number of rotatable bonds is 24. The van der Waals surface area contributed by atoms with Crippen LogP contribution < -0.4 is 0 Å². The van der Waals surface area contributed by atoms with Crippen molar-refractivity contribution < 1.29 is 62.0 Å². The number of benzene rings is 6. The molecular weight excluding hydrogens is 1780 g/mol. The zero-order valence-corrected chi connectivity index (χ0v) is 86.2. The number of fused-ring (bicyclic) bond motifs is 6. The van der Waals surface area contributed by atoms with Gasteiger partial charge in [-0.15, -0.1) is 11.3 Å². The maximum absolute atomic E-state index is 12.5. The van der Waals surface area contributed by atoms with Crippen molar-refractivity contribution in [2.24, 2.45) is 22.0 Å². The van der Waals surface area contributed by atoms with E-state index in [0.717, 1.165) is 145 Å². The normalized spacial score (nSPS) is 16.8. The molecule has 6 aromatic carbocycles. The molecular formula is C120H127N7O13S. The van der Waals surface area contributed by atoms with Crippen molar-refractivity contribution >= 4 is 147 Å². The van der Waals surface area contributed by atoms with Gasteiger partial charge in [-0.3, -0.25) is 72.5 Å². The summed E-state index contributed by atoms with van der Waals surface area (Å²) >= 11 is 1.70. The van der Waals surface area contributed by atoms with Crippen LogP contribution in [0.2, 0.25) is 0 Å². The zero-order chi connectivity index (χ0) is 102. The number of oxazole rings is 1. The number of imidazole rings is 1. The van der Waals surface area contributed by atoms with E-state index < -0.39 is 0 Å². The van der Waals surface area contributed by atoms with E-state index in [2.05, 4.69) is 93.0 Å². The fraction of sp³-hybridized carbons (Fsp3) is 0.350. The van der Waals surface area contributed by atoms with Gasteiger partial charge >= 0.3 is 0 Å². The number of Topliss-reactive ketones (excluding diaryl/α,β-unsaturated/α-hetero) is 12. The molecule has 9 aromatic rings. The highest BCUT2D eigenvalue weighted by Crippen LogP contribution is 2.39. The molecule has 3 aromatic heterocycles. The molecule has 0 atom stereocenters. The molecule has 0 spiro atoms. The number of hydrogen-bond donors (Lipinski definition) is 0. The molecule has 0 amide bonds. The molecule has 0 unspecified atom stereocenters. The van der Waals surface area contributed by atoms with Crippen molar-refractivity contribution in [1.82, 2.24) is 19.5 Å². The Hall–Kier alpha value is -13.9. The van der Waals surface area contributed by atoms with Crippen LogP contribution >= 0.6 is 11.3 Å². The summed E-state index contributed by atoms with van der Waals surface area (Å²) < 4.78 is 8.97. The summed E-state index contributed by atoms with van der Waals surface area (Å²) in [6.45, 7) is 35.6. The van der Waals surface area contributed by atoms with E-state index in [1.165, 1.54) is 49.7 Å². The second-order valence-electron chi connectivity index (χ2n) is 38.4. The molecule has 726 valence electrons. The first-order chi connectivity index (χ1) is 67.1. The van der Waals surface area contributed by atoms with Gasteiger partial charge in [0, 0.05) is 190 Å². The van der Waals surface area contributed by atoms with Crippen molar-refractivity contribution in [2.75, 3.05) is 0 Å². The fourth-order valence-electron chi connectivity index (χ4n) is 19.3. The van der Waals surface area contributed by atoms with Crippen LogP contribution in [0.15, 0.2) is 287 Å². The minimum atomic E-state index is -0.0148. The lowest BCUT2D eigenvalue weighted by atomic mass is 9.84. The number of ketones is 12. The monoisotopic (exact) mass is 1910 g/mol. The van der Waals surface area contributed by atoms with Crippen molar-refractivity contribution in [3.8, 4) is 0 Å². The predicted molar refractivity (Wildman–Crippen MR) is 562 cm³/mol. The Bertz CT molecular complexity index is 7000. The first kappa shape index (κ1) is 104. The predicted octanol–water partition coefficient (Wildman–Crippen LogP) is 25.6. The average Bonchev–Trinajstić information content (AvgIpc) is 1.44. The summed E-state index contributed by atoms with van der Waals surface area (Å²) in [5, 5.41) is 1.09. The van der Waals surface area contributed by atoms with Gasteiger partial charge in [0.15, 0.2) is 80.9 Å². The van der Waals surface area contributed by atoms with Crippen LogP contribution in [-0.2, 0) is 103 Å². The Labute approximate surface area is 830 Å². The van der Waals surface area contributed by atoms with Gasteiger partial charge in [-0.2, -0.15) is 0 Å². The van der Waals surface area contributed by atoms with Crippen LogP contribution in [0, 0.1) is 13.8 Å². The first-order valence-corrected chi connectivity index (χ1v) is 49.8. The van der Waals surface area contributed by atoms with Gasteiger partial charge in [0.1, 0.15) is 11.3 Å². The topological polar surface area (TPSA) is 299 Å². The molecule has 0 bridgehead atoms. The molecule has 0 fully saturated rings. The molecule has 18 rings (SSSR count). The maximum atomic E-state index is 12.5. The van der Waals surface area contributed by atoms with Gasteiger partial charge in [0.2, 0.25) is 0 Å². The van der Waals surface area contributed by atoms with E-state index in [1.54, 1.807) is 136 Å². The number of nitrogens with zero attached hydrogens (tertiary/aromatic N) is 7. The minimum Gasteiger partial charge on any atom is -0.441 e. The molecule has 21 heteroatoms. The van der Waals surface area contributed by atoms with Crippen LogP contribution in [0.4, 0.5) is 17.1 Å². The molecule has 0 saturated heterocycles. The lowest BCUT2D eigenvalue weighted by molar-refractivity contribution is -0.116. The number of aliphatic imine (C=N–C) groups is 3. The van der Waals surface area contributed by atoms with Crippen molar-refractivity contribution in [1.29, 1.82) is 0 Å². The van der Waals surface area contributed by atoms with Gasteiger partial charge < -0.3 is 8.98 Å². The Balaban J connectivity index is 0.000000142. The van der Waals surface area contributed by atoms with Crippen LogP contribution in [0.1, 0.15) is 265 Å². The van der Waals surface area contributed by atoms with E-state index in [9.17, 15) is 57.5 Å². The van der Waals surface area contributed by atoms with Gasteiger partial charge in [0.05, 0.1) is 43.3 Å². The van der Waals surface area contributed by atoms with Crippen LogP contribution in [0.25, 0.3) is 32.3 Å². The summed E-state index contributed by atoms with van der Waals surface area (Å²) in [7, 11) is 2.01. The number of carbonyl (C=O) groups excluding carboxylic acids is 12. The molecule has 0 N–H and O–H groups in total. The number of aromatic nitrogens is 4. The third kappa shape index (κ3) is 23.4. The third-order valence-electron chi connectivity index (χ3n) is 29.0. The van der Waals surface area contributed by atoms with Crippen molar-refractivity contribution in [2.45, 2.75) is 273 Å². The summed E-state index contributed by atoms with van der Waals surface area (Å²) in [5.74, 6) is 1.89. The third-order valence-corrected chi connectivity index (χ3v) is 30.1. The van der Waals surface area contributed by atoms with Crippen LogP contribution in [-0.4, -0.2) is 106 Å². The average molecular weight is 1910 g/mol. The summed E-state index contributed by atoms with van der Waals surface area (Å²) in [4.78, 5) is 175. The molecule has 3 aliphatic heterocycles. The van der Waals surface area contributed by atoms with Gasteiger partial charge in [-0.1, -0.05) is 90.0 Å². The van der Waals surface area contributed by atoms with Gasteiger partial charge in [-0.25, -0.2) is 15.0 Å². The highest BCUT2D eigenvalue weighted by Gasteiger charge is 2.35. The lowest BCUT2D eigenvalue weighted by Gasteiger charge is -2.18. The molecule has 9 aliphatic rings. The number of aryl methyl sites for hydroxylation is 6. The second kappa shape index (κ2) is 45.6. The molecule has 0 radical (unpaired) electrons. The number of para-hydroxylation sites is 6. The molecule has 0 saturated carbocycles.